The Bertz CT molecular complexity index is 1380. The van der Waals surface area contributed by atoms with Gasteiger partial charge in [0.15, 0.2) is 0 Å². The van der Waals surface area contributed by atoms with E-state index < -0.39 is 23.8 Å². The van der Waals surface area contributed by atoms with Gasteiger partial charge in [-0.15, -0.1) is 5.10 Å². The number of amides is 1. The Morgan fingerprint density at radius 3 is 2.41 bits per heavy atom. The third kappa shape index (κ3) is 4.25. The van der Waals surface area contributed by atoms with Gasteiger partial charge in [0.05, 0.1) is 17.0 Å². The number of hydrogen-bond acceptors (Lipinski definition) is 6. The van der Waals surface area contributed by atoms with E-state index in [-0.39, 0.29) is 17.5 Å². The Hall–Kier alpha value is -4.47. The lowest BCUT2D eigenvalue weighted by molar-refractivity contribution is -0.137. The number of benzene rings is 3. The van der Waals surface area contributed by atoms with Crippen LogP contribution in [0.5, 0.6) is 0 Å². The topological polar surface area (TPSA) is 92.4 Å². The van der Waals surface area contributed by atoms with Gasteiger partial charge in [0.1, 0.15) is 0 Å². The maximum absolute atomic E-state index is 13.0. The Morgan fingerprint density at radius 1 is 0.882 bits per heavy atom. The number of fused-ring (bicyclic) bond motifs is 1. The molecule has 0 fully saturated rings. The van der Waals surface area contributed by atoms with E-state index in [9.17, 15) is 18.0 Å². The average Bonchev–Trinajstić information content (AvgIpc) is 3.25. The van der Waals surface area contributed by atoms with E-state index in [1.807, 2.05) is 42.5 Å². The highest BCUT2D eigenvalue weighted by molar-refractivity contribution is 6.19. The molecule has 0 bridgehead atoms. The number of rotatable bonds is 4. The van der Waals surface area contributed by atoms with Crippen molar-refractivity contribution in [1.29, 1.82) is 0 Å². The van der Waals surface area contributed by atoms with Crippen molar-refractivity contribution in [1.82, 2.24) is 10.2 Å². The molecular weight excluding hydrogens is 447 g/mol. The van der Waals surface area contributed by atoms with Crippen LogP contribution >= 0.6 is 0 Å². The summed E-state index contributed by atoms with van der Waals surface area (Å²) < 4.78 is 44.6. The molecule has 2 N–H and O–H groups in total. The van der Waals surface area contributed by atoms with Gasteiger partial charge in [0.25, 0.3) is 5.91 Å². The van der Waals surface area contributed by atoms with Crippen molar-refractivity contribution in [3.63, 3.8) is 0 Å². The van der Waals surface area contributed by atoms with Gasteiger partial charge >= 0.3 is 12.2 Å². The molecule has 1 aliphatic heterocycles. The highest BCUT2D eigenvalue weighted by Crippen LogP contribution is 2.32. The van der Waals surface area contributed by atoms with E-state index in [0.717, 1.165) is 23.3 Å². The molecule has 4 aromatic rings. The predicted octanol–water partition coefficient (Wildman–Crippen LogP) is 4.98. The van der Waals surface area contributed by atoms with Crippen LogP contribution in [-0.2, 0) is 11.0 Å². The maximum Gasteiger partial charge on any atom is 0.416 e. The van der Waals surface area contributed by atoms with E-state index in [0.29, 0.717) is 11.4 Å². The number of aromatic nitrogens is 2. The Balaban J connectivity index is 1.47. The fourth-order valence-electron chi connectivity index (χ4n) is 3.52. The fraction of sp³-hybridized carbons (Fsp3) is 0.0833. The van der Waals surface area contributed by atoms with Crippen LogP contribution in [0, 0.1) is 0 Å². The summed E-state index contributed by atoms with van der Waals surface area (Å²) in [5.41, 5.74) is 1.96. The Kier molecular flexibility index (Phi) is 5.33. The molecule has 7 nitrogen and oxygen atoms in total. The van der Waals surface area contributed by atoms with Gasteiger partial charge < -0.3 is 15.1 Å². The molecule has 0 saturated carbocycles. The molecule has 34 heavy (non-hydrogen) atoms. The molecule has 1 amide bonds. The highest BCUT2D eigenvalue weighted by atomic mass is 19.4. The SMILES string of the molecule is O=C1Nc2ccccc2C(c2ccccc2)=NC1Nc1nnc(-c2cccc(C(F)(F)F)c2)o1. The summed E-state index contributed by atoms with van der Waals surface area (Å²) in [5, 5.41) is 13.2. The molecule has 0 spiro atoms. The van der Waals surface area contributed by atoms with Gasteiger partial charge in [-0.1, -0.05) is 59.7 Å². The number of carbonyl (C=O) groups excluding carboxylic acids is 1. The van der Waals surface area contributed by atoms with Crippen molar-refractivity contribution in [2.45, 2.75) is 12.3 Å². The van der Waals surface area contributed by atoms with Crippen LogP contribution < -0.4 is 10.6 Å². The molecule has 1 aromatic heterocycles. The Morgan fingerprint density at radius 2 is 1.62 bits per heavy atom. The number of para-hydroxylation sites is 1. The second-order valence-corrected chi connectivity index (χ2v) is 7.42. The summed E-state index contributed by atoms with van der Waals surface area (Å²) in [4.78, 5) is 17.5. The second-order valence-electron chi connectivity index (χ2n) is 7.42. The lowest BCUT2D eigenvalue weighted by Gasteiger charge is -2.11. The molecule has 5 rings (SSSR count). The zero-order chi connectivity index (χ0) is 23.7. The second kappa shape index (κ2) is 8.47. The lowest BCUT2D eigenvalue weighted by atomic mass is 10.0. The van der Waals surface area contributed by atoms with Crippen LogP contribution in [0.15, 0.2) is 88.3 Å². The number of alkyl halides is 3. The van der Waals surface area contributed by atoms with E-state index in [1.165, 1.54) is 12.1 Å². The third-order valence-corrected chi connectivity index (χ3v) is 5.12. The molecule has 1 atom stereocenters. The van der Waals surface area contributed by atoms with Gasteiger partial charge in [-0.2, -0.15) is 13.2 Å². The summed E-state index contributed by atoms with van der Waals surface area (Å²) in [7, 11) is 0. The molecule has 1 aliphatic rings. The van der Waals surface area contributed by atoms with Crippen LogP contribution in [-0.4, -0.2) is 28.0 Å². The number of anilines is 2. The number of carbonyl (C=O) groups is 1. The van der Waals surface area contributed by atoms with E-state index >= 15 is 0 Å². The van der Waals surface area contributed by atoms with Crippen molar-refractivity contribution in [2.75, 3.05) is 10.6 Å². The quantitative estimate of drug-likeness (QED) is 0.445. The van der Waals surface area contributed by atoms with Crippen LogP contribution in [0.2, 0.25) is 0 Å². The highest BCUT2D eigenvalue weighted by Gasteiger charge is 2.31. The van der Waals surface area contributed by atoms with E-state index in [2.05, 4.69) is 25.8 Å². The number of nitrogens with zero attached hydrogens (tertiary/aromatic N) is 3. The first-order valence-corrected chi connectivity index (χ1v) is 10.2. The van der Waals surface area contributed by atoms with Crippen molar-refractivity contribution in [2.24, 2.45) is 4.99 Å². The molecule has 0 aliphatic carbocycles. The number of hydrogen-bond donors (Lipinski definition) is 2. The number of aliphatic imine (C=N–C) groups is 1. The molecule has 170 valence electrons. The maximum atomic E-state index is 13.0. The molecular formula is C24H16F3N5O2. The van der Waals surface area contributed by atoms with Crippen molar-refractivity contribution in [3.8, 4) is 11.5 Å². The molecule has 1 unspecified atom stereocenters. The summed E-state index contributed by atoms with van der Waals surface area (Å²) >= 11 is 0. The summed E-state index contributed by atoms with van der Waals surface area (Å²) in [6, 6.07) is 21.0. The van der Waals surface area contributed by atoms with Gasteiger partial charge in [0, 0.05) is 16.7 Å². The monoisotopic (exact) mass is 463 g/mol. The molecule has 2 heterocycles. The first-order chi connectivity index (χ1) is 16.4. The molecule has 3 aromatic carbocycles. The van der Waals surface area contributed by atoms with Gasteiger partial charge in [-0.25, -0.2) is 4.99 Å². The number of benzodiazepines with no additional fused rings is 1. The summed E-state index contributed by atoms with van der Waals surface area (Å²) in [6.07, 6.45) is -5.63. The zero-order valence-corrected chi connectivity index (χ0v) is 17.4. The molecule has 10 heteroatoms. The normalized spacial score (nSPS) is 15.7. The zero-order valence-electron chi connectivity index (χ0n) is 17.4. The van der Waals surface area contributed by atoms with Gasteiger partial charge in [-0.3, -0.25) is 4.79 Å². The molecule has 0 radical (unpaired) electrons. The number of halogens is 3. The van der Waals surface area contributed by atoms with Crippen molar-refractivity contribution < 1.29 is 22.4 Å². The van der Waals surface area contributed by atoms with Crippen LogP contribution in [0.3, 0.4) is 0 Å². The number of nitrogens with one attached hydrogen (secondary N) is 2. The average molecular weight is 463 g/mol. The van der Waals surface area contributed by atoms with Gasteiger partial charge in [-0.05, 0) is 24.3 Å². The summed E-state index contributed by atoms with van der Waals surface area (Å²) in [6.45, 7) is 0. The lowest BCUT2D eigenvalue weighted by Crippen LogP contribution is -2.32. The largest absolute Gasteiger partial charge is 0.416 e. The van der Waals surface area contributed by atoms with Crippen LogP contribution in [0.4, 0.5) is 24.9 Å². The van der Waals surface area contributed by atoms with Crippen LogP contribution in [0.1, 0.15) is 16.7 Å². The standard InChI is InChI=1S/C24H16F3N5O2/c25-24(26,27)16-10-6-9-15(13-16)22-31-32-23(34-22)30-20-21(33)28-18-12-5-4-11-17(18)19(29-20)14-7-2-1-3-8-14/h1-13,20H,(H,28,33)(H,30,32). The van der Waals surface area contributed by atoms with E-state index in [1.54, 1.807) is 12.1 Å². The summed E-state index contributed by atoms with van der Waals surface area (Å²) in [5.74, 6) is -0.588. The first kappa shape index (κ1) is 21.4. The van der Waals surface area contributed by atoms with Gasteiger partial charge in [0.2, 0.25) is 12.1 Å². The third-order valence-electron chi connectivity index (χ3n) is 5.12. The minimum absolute atomic E-state index is 0.0987. The van der Waals surface area contributed by atoms with Crippen LogP contribution in [0.25, 0.3) is 11.5 Å². The fourth-order valence-corrected chi connectivity index (χ4v) is 3.52. The van der Waals surface area contributed by atoms with Crippen molar-refractivity contribution in [3.05, 3.63) is 95.6 Å². The first-order valence-electron chi connectivity index (χ1n) is 10.2. The van der Waals surface area contributed by atoms with Crippen molar-refractivity contribution >= 4 is 23.3 Å². The minimum Gasteiger partial charge on any atom is -0.403 e. The predicted molar refractivity (Wildman–Crippen MR) is 119 cm³/mol. The van der Waals surface area contributed by atoms with E-state index in [4.69, 9.17) is 4.42 Å². The minimum atomic E-state index is -4.51. The Labute approximate surface area is 191 Å². The molecule has 0 saturated heterocycles. The smallest absolute Gasteiger partial charge is 0.403 e.